The van der Waals surface area contributed by atoms with Gasteiger partial charge in [-0.05, 0) is 48.9 Å². The van der Waals surface area contributed by atoms with Crippen LogP contribution >= 0.6 is 0 Å². The number of rotatable bonds is 7. The Bertz CT molecular complexity index is 912. The zero-order valence-corrected chi connectivity index (χ0v) is 15.8. The minimum atomic E-state index is -0.279. The lowest BCUT2D eigenvalue weighted by molar-refractivity contribution is 0.246. The van der Waals surface area contributed by atoms with Crippen LogP contribution in [0.4, 0.5) is 10.5 Å². The number of amides is 2. The standard InChI is InChI=1S/C21H22N4O3/c1-15-5-3-4-6-18(15)23-21(26)22-13-14-28-20-12-11-19(24-25-20)16-7-9-17(27-2)10-8-16/h3-12H,13-14H2,1-2H3,(H2,22,23,26). The molecule has 0 radical (unpaired) electrons. The maximum Gasteiger partial charge on any atom is 0.319 e. The van der Waals surface area contributed by atoms with Crippen LogP contribution in [0, 0.1) is 6.92 Å². The van der Waals surface area contributed by atoms with E-state index < -0.39 is 0 Å². The number of methoxy groups -OCH3 is 1. The maximum atomic E-state index is 11.9. The molecule has 2 aromatic carbocycles. The molecule has 0 unspecified atom stereocenters. The van der Waals surface area contributed by atoms with Crippen molar-refractivity contribution in [2.24, 2.45) is 0 Å². The van der Waals surface area contributed by atoms with Crippen molar-refractivity contribution in [1.82, 2.24) is 15.5 Å². The Morgan fingerprint density at radius 1 is 1.00 bits per heavy atom. The number of hydrogen-bond donors (Lipinski definition) is 2. The van der Waals surface area contributed by atoms with Crippen molar-refractivity contribution in [1.29, 1.82) is 0 Å². The predicted octanol–water partition coefficient (Wildman–Crippen LogP) is 3.66. The van der Waals surface area contributed by atoms with Gasteiger partial charge in [-0.1, -0.05) is 18.2 Å². The Balaban J connectivity index is 1.43. The Morgan fingerprint density at radius 3 is 2.46 bits per heavy atom. The predicted molar refractivity (Wildman–Crippen MR) is 108 cm³/mol. The molecule has 3 rings (SSSR count). The van der Waals surface area contributed by atoms with Crippen molar-refractivity contribution in [3.8, 4) is 22.9 Å². The third kappa shape index (κ3) is 5.20. The SMILES string of the molecule is COc1ccc(-c2ccc(OCCNC(=O)Nc3ccccc3C)nn2)cc1. The summed E-state index contributed by atoms with van der Waals surface area (Å²) in [5.41, 5.74) is 3.46. The summed E-state index contributed by atoms with van der Waals surface area (Å²) in [5.74, 6) is 1.19. The molecule has 0 bridgehead atoms. The topological polar surface area (TPSA) is 85.4 Å². The zero-order valence-electron chi connectivity index (χ0n) is 15.8. The molecule has 7 nitrogen and oxygen atoms in total. The van der Waals surface area contributed by atoms with Gasteiger partial charge in [0, 0.05) is 17.3 Å². The monoisotopic (exact) mass is 378 g/mol. The number of aromatic nitrogens is 2. The van der Waals surface area contributed by atoms with Gasteiger partial charge in [0.05, 0.1) is 19.3 Å². The van der Waals surface area contributed by atoms with E-state index in [2.05, 4.69) is 20.8 Å². The summed E-state index contributed by atoms with van der Waals surface area (Å²) >= 11 is 0. The molecule has 0 aliphatic heterocycles. The molecule has 0 aliphatic rings. The number of hydrogen-bond acceptors (Lipinski definition) is 5. The Morgan fingerprint density at radius 2 is 1.79 bits per heavy atom. The lowest BCUT2D eigenvalue weighted by Crippen LogP contribution is -2.32. The second kappa shape index (κ2) is 9.36. The molecule has 3 aromatic rings. The number of nitrogens with zero attached hydrogens (tertiary/aromatic N) is 2. The molecular formula is C21H22N4O3. The second-order valence-electron chi connectivity index (χ2n) is 6.03. The third-order valence-corrected chi connectivity index (χ3v) is 4.06. The van der Waals surface area contributed by atoms with Crippen molar-refractivity contribution in [3.05, 3.63) is 66.2 Å². The van der Waals surface area contributed by atoms with Crippen molar-refractivity contribution < 1.29 is 14.3 Å². The van der Waals surface area contributed by atoms with E-state index >= 15 is 0 Å². The number of nitrogens with one attached hydrogen (secondary N) is 2. The van der Waals surface area contributed by atoms with E-state index in [-0.39, 0.29) is 12.6 Å². The number of anilines is 1. The lowest BCUT2D eigenvalue weighted by atomic mass is 10.1. The van der Waals surface area contributed by atoms with Gasteiger partial charge >= 0.3 is 6.03 Å². The van der Waals surface area contributed by atoms with E-state index in [9.17, 15) is 4.79 Å². The average Bonchev–Trinajstić information content (AvgIpc) is 2.73. The molecule has 0 saturated carbocycles. The molecule has 0 atom stereocenters. The van der Waals surface area contributed by atoms with Crippen LogP contribution in [-0.4, -0.2) is 36.5 Å². The van der Waals surface area contributed by atoms with E-state index in [1.54, 1.807) is 13.2 Å². The second-order valence-corrected chi connectivity index (χ2v) is 6.03. The molecule has 7 heteroatoms. The fraction of sp³-hybridized carbons (Fsp3) is 0.190. The summed E-state index contributed by atoms with van der Waals surface area (Å²) in [7, 11) is 1.63. The average molecular weight is 378 g/mol. The number of carbonyl (C=O) groups excluding carboxylic acids is 1. The normalized spacial score (nSPS) is 10.2. The molecule has 0 fully saturated rings. The fourth-order valence-electron chi connectivity index (χ4n) is 2.51. The van der Waals surface area contributed by atoms with E-state index in [1.807, 2.05) is 61.5 Å². The first-order valence-corrected chi connectivity index (χ1v) is 8.87. The summed E-state index contributed by atoms with van der Waals surface area (Å²) in [6, 6.07) is 18.5. The minimum Gasteiger partial charge on any atom is -0.497 e. The summed E-state index contributed by atoms with van der Waals surface area (Å²) in [6.07, 6.45) is 0. The highest BCUT2D eigenvalue weighted by molar-refractivity contribution is 5.89. The van der Waals surface area contributed by atoms with Crippen LogP contribution in [0.3, 0.4) is 0 Å². The molecule has 1 heterocycles. The lowest BCUT2D eigenvalue weighted by Gasteiger charge is -2.10. The quantitative estimate of drug-likeness (QED) is 0.613. The number of para-hydroxylation sites is 1. The molecular weight excluding hydrogens is 356 g/mol. The first-order valence-electron chi connectivity index (χ1n) is 8.87. The number of carbonyl (C=O) groups is 1. The van der Waals surface area contributed by atoms with Crippen LogP contribution in [0.5, 0.6) is 11.6 Å². The number of urea groups is 1. The highest BCUT2D eigenvalue weighted by Gasteiger charge is 2.05. The van der Waals surface area contributed by atoms with Crippen molar-refractivity contribution in [2.75, 3.05) is 25.6 Å². The summed E-state index contributed by atoms with van der Waals surface area (Å²) < 4.78 is 10.7. The van der Waals surface area contributed by atoms with Crippen LogP contribution < -0.4 is 20.1 Å². The summed E-state index contributed by atoms with van der Waals surface area (Å²) in [4.78, 5) is 11.9. The molecule has 0 aliphatic carbocycles. The Labute approximate surface area is 163 Å². The van der Waals surface area contributed by atoms with E-state index in [0.717, 1.165) is 28.3 Å². The summed E-state index contributed by atoms with van der Waals surface area (Å²) in [6.45, 7) is 2.57. The number of aryl methyl sites for hydroxylation is 1. The smallest absolute Gasteiger partial charge is 0.319 e. The minimum absolute atomic E-state index is 0.279. The van der Waals surface area contributed by atoms with E-state index in [0.29, 0.717) is 12.4 Å². The Hall–Kier alpha value is -3.61. The van der Waals surface area contributed by atoms with E-state index in [1.165, 1.54) is 0 Å². The molecule has 28 heavy (non-hydrogen) atoms. The highest BCUT2D eigenvalue weighted by atomic mass is 16.5. The van der Waals surface area contributed by atoms with Crippen molar-refractivity contribution >= 4 is 11.7 Å². The van der Waals surface area contributed by atoms with Gasteiger partial charge in [-0.25, -0.2) is 4.79 Å². The molecule has 0 spiro atoms. The van der Waals surface area contributed by atoms with Gasteiger partial charge < -0.3 is 20.1 Å². The van der Waals surface area contributed by atoms with Crippen molar-refractivity contribution in [3.63, 3.8) is 0 Å². The molecule has 1 aromatic heterocycles. The van der Waals surface area contributed by atoms with Crippen LogP contribution in [0.2, 0.25) is 0 Å². The molecule has 2 N–H and O–H groups in total. The maximum absolute atomic E-state index is 11.9. The van der Waals surface area contributed by atoms with E-state index in [4.69, 9.17) is 9.47 Å². The summed E-state index contributed by atoms with van der Waals surface area (Å²) in [5, 5.41) is 13.8. The van der Waals surface area contributed by atoms with Gasteiger partial charge in [-0.3, -0.25) is 0 Å². The van der Waals surface area contributed by atoms with Crippen molar-refractivity contribution in [2.45, 2.75) is 6.92 Å². The molecule has 2 amide bonds. The fourth-order valence-corrected chi connectivity index (χ4v) is 2.51. The zero-order chi connectivity index (χ0) is 19.8. The Kier molecular flexibility index (Phi) is 6.41. The van der Waals surface area contributed by atoms with Crippen LogP contribution in [0.1, 0.15) is 5.56 Å². The van der Waals surface area contributed by atoms with Crippen LogP contribution in [-0.2, 0) is 0 Å². The number of ether oxygens (including phenoxy) is 2. The molecule has 144 valence electrons. The van der Waals surface area contributed by atoms with Gasteiger partial charge in [0.1, 0.15) is 12.4 Å². The highest BCUT2D eigenvalue weighted by Crippen LogP contribution is 2.21. The van der Waals surface area contributed by atoms with Gasteiger partial charge in [0.25, 0.3) is 0 Å². The van der Waals surface area contributed by atoms with Gasteiger partial charge in [-0.2, -0.15) is 0 Å². The van der Waals surface area contributed by atoms with Gasteiger partial charge in [0.15, 0.2) is 0 Å². The molecule has 0 saturated heterocycles. The van der Waals surface area contributed by atoms with Gasteiger partial charge in [-0.15, -0.1) is 10.2 Å². The number of benzene rings is 2. The third-order valence-electron chi connectivity index (χ3n) is 4.06. The van der Waals surface area contributed by atoms with Crippen LogP contribution in [0.25, 0.3) is 11.3 Å². The largest absolute Gasteiger partial charge is 0.497 e. The van der Waals surface area contributed by atoms with Crippen LogP contribution in [0.15, 0.2) is 60.7 Å². The first kappa shape index (κ1) is 19.2. The first-order chi connectivity index (χ1) is 13.7. The van der Waals surface area contributed by atoms with Gasteiger partial charge in [0.2, 0.25) is 5.88 Å².